The minimum absolute atomic E-state index is 0.283. The highest BCUT2D eigenvalue weighted by Gasteiger charge is 2.18. The van der Waals surface area contributed by atoms with Crippen LogP contribution in [-0.4, -0.2) is 11.9 Å². The molecule has 0 spiro atoms. The molecule has 2 rings (SSSR count). The van der Waals surface area contributed by atoms with E-state index in [1.807, 2.05) is 30.3 Å². The van der Waals surface area contributed by atoms with Crippen LogP contribution in [0, 0.1) is 5.82 Å². The van der Waals surface area contributed by atoms with Gasteiger partial charge in [0.2, 0.25) is 5.91 Å². The summed E-state index contributed by atoms with van der Waals surface area (Å²) in [5.74, 6) is -0.614. The second-order valence-corrected chi connectivity index (χ2v) is 5.05. The van der Waals surface area contributed by atoms with E-state index in [0.717, 1.165) is 5.56 Å². The quantitative estimate of drug-likeness (QED) is 0.887. The topological polar surface area (TPSA) is 55.1 Å². The van der Waals surface area contributed by atoms with Gasteiger partial charge in [0.05, 0.1) is 12.1 Å². The predicted molar refractivity (Wildman–Crippen MR) is 81.1 cm³/mol. The maximum Gasteiger partial charge on any atom is 0.237 e. The zero-order valence-corrected chi connectivity index (χ0v) is 11.9. The van der Waals surface area contributed by atoms with Crippen LogP contribution in [0.4, 0.5) is 4.39 Å². The number of hydrogen-bond donors (Lipinski definition) is 2. The maximum absolute atomic E-state index is 13.7. The van der Waals surface area contributed by atoms with Gasteiger partial charge in [0.15, 0.2) is 0 Å². The molecule has 0 aliphatic rings. The van der Waals surface area contributed by atoms with Crippen LogP contribution in [0.2, 0.25) is 0 Å². The van der Waals surface area contributed by atoms with Gasteiger partial charge < -0.3 is 11.1 Å². The van der Waals surface area contributed by atoms with Gasteiger partial charge in [-0.05, 0) is 25.0 Å². The van der Waals surface area contributed by atoms with Gasteiger partial charge in [-0.1, -0.05) is 48.5 Å². The van der Waals surface area contributed by atoms with Crippen LogP contribution in [0.1, 0.15) is 24.1 Å². The van der Waals surface area contributed by atoms with E-state index in [1.165, 1.54) is 6.07 Å². The third-order valence-corrected chi connectivity index (χ3v) is 3.37. The van der Waals surface area contributed by atoms with E-state index in [9.17, 15) is 9.18 Å². The van der Waals surface area contributed by atoms with Crippen LogP contribution in [0.15, 0.2) is 54.6 Å². The minimum Gasteiger partial charge on any atom is -0.348 e. The van der Waals surface area contributed by atoms with E-state index in [1.54, 1.807) is 25.1 Å². The highest BCUT2D eigenvalue weighted by atomic mass is 19.1. The first-order valence-electron chi connectivity index (χ1n) is 6.92. The van der Waals surface area contributed by atoms with Crippen molar-refractivity contribution in [2.45, 2.75) is 25.4 Å². The first-order chi connectivity index (χ1) is 10.1. The molecular formula is C17H19FN2O. The molecule has 0 heterocycles. The van der Waals surface area contributed by atoms with Gasteiger partial charge in [-0.2, -0.15) is 0 Å². The van der Waals surface area contributed by atoms with Crippen molar-refractivity contribution in [2.75, 3.05) is 0 Å². The number of nitrogens with one attached hydrogen (secondary N) is 1. The third kappa shape index (κ3) is 4.13. The Labute approximate surface area is 124 Å². The van der Waals surface area contributed by atoms with Gasteiger partial charge in [0, 0.05) is 5.56 Å². The van der Waals surface area contributed by atoms with E-state index >= 15 is 0 Å². The number of nitrogens with two attached hydrogens (primary N) is 1. The van der Waals surface area contributed by atoms with Crippen LogP contribution in [0.3, 0.4) is 0 Å². The summed E-state index contributed by atoms with van der Waals surface area (Å²) in [5.41, 5.74) is 7.36. The molecule has 2 unspecified atom stereocenters. The predicted octanol–water partition coefficient (Wildman–Crippen LogP) is 2.57. The largest absolute Gasteiger partial charge is 0.348 e. The summed E-state index contributed by atoms with van der Waals surface area (Å²) in [5, 5.41) is 2.75. The van der Waals surface area contributed by atoms with E-state index in [4.69, 9.17) is 5.73 Å². The van der Waals surface area contributed by atoms with Crippen molar-refractivity contribution in [1.29, 1.82) is 0 Å². The number of rotatable bonds is 5. The Kier molecular flexibility index (Phi) is 5.06. The normalized spacial score (nSPS) is 13.5. The second kappa shape index (κ2) is 6.99. The fraction of sp³-hybridized carbons (Fsp3) is 0.235. The van der Waals surface area contributed by atoms with Crippen molar-refractivity contribution >= 4 is 5.91 Å². The van der Waals surface area contributed by atoms with Gasteiger partial charge in [-0.3, -0.25) is 4.79 Å². The summed E-state index contributed by atoms with van der Waals surface area (Å²) in [4.78, 5) is 12.1. The Morgan fingerprint density at radius 2 is 1.76 bits per heavy atom. The highest BCUT2D eigenvalue weighted by Crippen LogP contribution is 2.16. The Morgan fingerprint density at radius 3 is 2.43 bits per heavy atom. The molecule has 110 valence electrons. The molecule has 0 bridgehead atoms. The van der Waals surface area contributed by atoms with Gasteiger partial charge in [-0.15, -0.1) is 0 Å². The van der Waals surface area contributed by atoms with Crippen LogP contribution < -0.4 is 11.1 Å². The smallest absolute Gasteiger partial charge is 0.237 e. The number of halogens is 1. The Morgan fingerprint density at radius 1 is 1.14 bits per heavy atom. The monoisotopic (exact) mass is 286 g/mol. The Bertz CT molecular complexity index is 601. The molecule has 21 heavy (non-hydrogen) atoms. The molecule has 2 aromatic carbocycles. The molecule has 0 aliphatic heterocycles. The molecule has 4 heteroatoms. The number of benzene rings is 2. The Balaban J connectivity index is 1.96. The van der Waals surface area contributed by atoms with Crippen molar-refractivity contribution in [3.05, 3.63) is 71.5 Å². The number of carbonyl (C=O) groups excluding carboxylic acids is 1. The first kappa shape index (κ1) is 15.2. The summed E-state index contributed by atoms with van der Waals surface area (Å²) in [6.07, 6.45) is 0.455. The van der Waals surface area contributed by atoms with E-state index in [0.29, 0.717) is 12.0 Å². The molecule has 3 nitrogen and oxygen atoms in total. The van der Waals surface area contributed by atoms with Gasteiger partial charge in [0.1, 0.15) is 5.82 Å². The fourth-order valence-corrected chi connectivity index (χ4v) is 2.19. The minimum atomic E-state index is -0.651. The maximum atomic E-state index is 13.7. The summed E-state index contributed by atoms with van der Waals surface area (Å²) < 4.78 is 13.7. The lowest BCUT2D eigenvalue weighted by Gasteiger charge is -2.18. The lowest BCUT2D eigenvalue weighted by molar-refractivity contribution is -0.123. The molecule has 0 saturated heterocycles. The molecule has 0 aliphatic carbocycles. The lowest BCUT2D eigenvalue weighted by Crippen LogP contribution is -2.43. The first-order valence-corrected chi connectivity index (χ1v) is 6.92. The lowest BCUT2D eigenvalue weighted by atomic mass is 10.0. The van der Waals surface area contributed by atoms with Gasteiger partial charge in [-0.25, -0.2) is 4.39 Å². The molecule has 1 amide bonds. The average molecular weight is 286 g/mol. The highest BCUT2D eigenvalue weighted by molar-refractivity contribution is 5.82. The standard InChI is InChI=1S/C17H19FN2O/c1-12(14-9-5-6-10-15(14)18)20-17(21)16(19)11-13-7-3-2-4-8-13/h2-10,12,16H,11,19H2,1H3,(H,20,21). The molecule has 0 fully saturated rings. The molecular weight excluding hydrogens is 267 g/mol. The van der Waals surface area contributed by atoms with Gasteiger partial charge >= 0.3 is 0 Å². The fourth-order valence-electron chi connectivity index (χ4n) is 2.19. The van der Waals surface area contributed by atoms with Crippen molar-refractivity contribution in [1.82, 2.24) is 5.32 Å². The van der Waals surface area contributed by atoms with Crippen molar-refractivity contribution in [2.24, 2.45) is 5.73 Å². The summed E-state index contributed by atoms with van der Waals surface area (Å²) in [6.45, 7) is 1.74. The van der Waals surface area contributed by atoms with Crippen LogP contribution in [-0.2, 0) is 11.2 Å². The van der Waals surface area contributed by atoms with E-state index in [2.05, 4.69) is 5.32 Å². The molecule has 0 radical (unpaired) electrons. The van der Waals surface area contributed by atoms with E-state index < -0.39 is 12.1 Å². The zero-order chi connectivity index (χ0) is 15.2. The zero-order valence-electron chi connectivity index (χ0n) is 11.9. The molecule has 2 aromatic rings. The summed E-state index contributed by atoms with van der Waals surface area (Å²) in [6, 6.07) is 14.9. The Hall–Kier alpha value is -2.20. The molecule has 3 N–H and O–H groups in total. The number of amides is 1. The van der Waals surface area contributed by atoms with E-state index in [-0.39, 0.29) is 11.7 Å². The van der Waals surface area contributed by atoms with Crippen molar-refractivity contribution in [3.8, 4) is 0 Å². The second-order valence-electron chi connectivity index (χ2n) is 5.05. The molecule has 0 saturated carbocycles. The summed E-state index contributed by atoms with van der Waals surface area (Å²) >= 11 is 0. The third-order valence-electron chi connectivity index (χ3n) is 3.37. The van der Waals surface area contributed by atoms with Gasteiger partial charge in [0.25, 0.3) is 0 Å². The average Bonchev–Trinajstić information content (AvgIpc) is 2.48. The van der Waals surface area contributed by atoms with Crippen LogP contribution in [0.25, 0.3) is 0 Å². The summed E-state index contributed by atoms with van der Waals surface area (Å²) in [7, 11) is 0. The van der Waals surface area contributed by atoms with Crippen molar-refractivity contribution in [3.63, 3.8) is 0 Å². The SMILES string of the molecule is CC(NC(=O)C(N)Cc1ccccc1)c1ccccc1F. The van der Waals surface area contributed by atoms with Crippen molar-refractivity contribution < 1.29 is 9.18 Å². The molecule has 0 aromatic heterocycles. The molecule has 2 atom stereocenters. The number of hydrogen-bond acceptors (Lipinski definition) is 2. The van der Waals surface area contributed by atoms with Crippen LogP contribution in [0.5, 0.6) is 0 Å². The van der Waals surface area contributed by atoms with Crippen LogP contribution >= 0.6 is 0 Å². The number of carbonyl (C=O) groups is 1.